The zero-order valence-electron chi connectivity index (χ0n) is 6.39. The molecule has 0 N–H and O–H groups in total. The highest BCUT2D eigenvalue weighted by molar-refractivity contribution is 6.19. The van der Waals surface area contributed by atoms with Gasteiger partial charge in [0.05, 0.1) is 0 Å². The molecule has 0 radical (unpaired) electrons. The number of fused-ring (bicyclic) bond motifs is 2. The molecule has 3 atom stereocenters. The molecular weight excluding hydrogens is 179 g/mol. The van der Waals surface area contributed by atoms with Gasteiger partial charge in [-0.25, -0.2) is 0 Å². The molecular formula is C9H12Cl2. The predicted octanol–water partition coefficient (Wildman–Crippen LogP) is 3.05. The Kier molecular flexibility index (Phi) is 1.93. The molecule has 2 bridgehead atoms. The Labute approximate surface area is 77.6 Å². The Morgan fingerprint density at radius 3 is 2.73 bits per heavy atom. The van der Waals surface area contributed by atoms with E-state index >= 15 is 0 Å². The standard InChI is InChI=1S/C9H12Cl2/c10-5-8-3-7-1-2-9(8,4-7)6-11/h1-2,7-8H,3-6H2. The number of rotatable bonds is 2. The minimum atomic E-state index is 0.272. The van der Waals surface area contributed by atoms with Gasteiger partial charge in [-0.15, -0.1) is 23.2 Å². The molecule has 1 fully saturated rings. The first-order valence-corrected chi connectivity index (χ1v) is 5.19. The Balaban J connectivity index is 2.22. The van der Waals surface area contributed by atoms with Gasteiger partial charge in [0.15, 0.2) is 0 Å². The van der Waals surface area contributed by atoms with Gasteiger partial charge in [0.1, 0.15) is 0 Å². The zero-order valence-corrected chi connectivity index (χ0v) is 7.91. The highest BCUT2D eigenvalue weighted by Gasteiger charge is 2.47. The van der Waals surface area contributed by atoms with Crippen LogP contribution in [0.1, 0.15) is 12.8 Å². The molecule has 0 aromatic carbocycles. The second-order valence-corrected chi connectivity index (χ2v) is 4.35. The van der Waals surface area contributed by atoms with Crippen molar-refractivity contribution in [3.8, 4) is 0 Å². The molecule has 0 aromatic rings. The van der Waals surface area contributed by atoms with Crippen LogP contribution < -0.4 is 0 Å². The molecule has 0 heterocycles. The fraction of sp³-hybridized carbons (Fsp3) is 0.778. The summed E-state index contributed by atoms with van der Waals surface area (Å²) in [4.78, 5) is 0. The number of allylic oxidation sites excluding steroid dienone is 2. The van der Waals surface area contributed by atoms with Crippen LogP contribution in [0.3, 0.4) is 0 Å². The molecule has 0 spiro atoms. The molecule has 2 heteroatoms. The quantitative estimate of drug-likeness (QED) is 0.464. The van der Waals surface area contributed by atoms with E-state index in [2.05, 4.69) is 12.2 Å². The number of hydrogen-bond acceptors (Lipinski definition) is 0. The van der Waals surface area contributed by atoms with Crippen LogP contribution in [0, 0.1) is 17.3 Å². The van der Waals surface area contributed by atoms with Crippen LogP contribution in [0.25, 0.3) is 0 Å². The highest BCUT2D eigenvalue weighted by atomic mass is 35.5. The van der Waals surface area contributed by atoms with E-state index in [0.29, 0.717) is 5.92 Å². The van der Waals surface area contributed by atoms with Gasteiger partial charge in [-0.05, 0) is 24.7 Å². The van der Waals surface area contributed by atoms with Crippen LogP contribution in [0.2, 0.25) is 0 Å². The molecule has 2 rings (SSSR count). The summed E-state index contributed by atoms with van der Waals surface area (Å²) in [5, 5.41) is 0. The van der Waals surface area contributed by atoms with Crippen LogP contribution >= 0.6 is 23.2 Å². The Hall–Kier alpha value is 0.320. The van der Waals surface area contributed by atoms with Gasteiger partial charge in [0.2, 0.25) is 0 Å². The van der Waals surface area contributed by atoms with Crippen molar-refractivity contribution in [2.45, 2.75) is 12.8 Å². The van der Waals surface area contributed by atoms with E-state index < -0.39 is 0 Å². The lowest BCUT2D eigenvalue weighted by molar-refractivity contribution is 0.343. The van der Waals surface area contributed by atoms with Crippen molar-refractivity contribution >= 4 is 23.2 Å². The predicted molar refractivity (Wildman–Crippen MR) is 49.2 cm³/mol. The van der Waals surface area contributed by atoms with Gasteiger partial charge in [0, 0.05) is 17.2 Å². The second kappa shape index (κ2) is 2.67. The van der Waals surface area contributed by atoms with E-state index in [1.54, 1.807) is 0 Å². The monoisotopic (exact) mass is 190 g/mol. The smallest absolute Gasteiger partial charge is 0.0317 e. The van der Waals surface area contributed by atoms with Gasteiger partial charge in [-0.2, -0.15) is 0 Å². The molecule has 2 aliphatic rings. The van der Waals surface area contributed by atoms with E-state index in [4.69, 9.17) is 23.2 Å². The topological polar surface area (TPSA) is 0 Å². The van der Waals surface area contributed by atoms with Crippen molar-refractivity contribution in [1.82, 2.24) is 0 Å². The summed E-state index contributed by atoms with van der Waals surface area (Å²) in [6.45, 7) is 0. The first-order chi connectivity index (χ1) is 5.30. The highest BCUT2D eigenvalue weighted by Crippen LogP contribution is 2.53. The number of halogens is 2. The second-order valence-electron chi connectivity index (χ2n) is 3.78. The lowest BCUT2D eigenvalue weighted by Gasteiger charge is -2.28. The summed E-state index contributed by atoms with van der Waals surface area (Å²) in [5.41, 5.74) is 0.272. The molecule has 0 aliphatic heterocycles. The van der Waals surface area contributed by atoms with E-state index in [1.807, 2.05) is 0 Å². The minimum Gasteiger partial charge on any atom is -0.126 e. The van der Waals surface area contributed by atoms with Crippen molar-refractivity contribution < 1.29 is 0 Å². The van der Waals surface area contributed by atoms with Crippen LogP contribution in [0.4, 0.5) is 0 Å². The van der Waals surface area contributed by atoms with Gasteiger partial charge in [-0.1, -0.05) is 12.2 Å². The van der Waals surface area contributed by atoms with E-state index in [1.165, 1.54) is 12.8 Å². The van der Waals surface area contributed by atoms with Gasteiger partial charge < -0.3 is 0 Å². The molecule has 2 aliphatic carbocycles. The van der Waals surface area contributed by atoms with E-state index in [9.17, 15) is 0 Å². The van der Waals surface area contributed by atoms with Crippen LogP contribution in [0.5, 0.6) is 0 Å². The van der Waals surface area contributed by atoms with Crippen LogP contribution in [0.15, 0.2) is 12.2 Å². The fourth-order valence-corrected chi connectivity index (χ4v) is 3.29. The number of hydrogen-bond donors (Lipinski definition) is 0. The van der Waals surface area contributed by atoms with Crippen LogP contribution in [-0.4, -0.2) is 11.8 Å². The molecule has 62 valence electrons. The largest absolute Gasteiger partial charge is 0.126 e. The molecule has 0 amide bonds. The first-order valence-electron chi connectivity index (χ1n) is 4.12. The number of alkyl halides is 2. The van der Waals surface area contributed by atoms with Crippen molar-refractivity contribution in [1.29, 1.82) is 0 Å². The third kappa shape index (κ3) is 1.03. The summed E-state index contributed by atoms with van der Waals surface area (Å²) in [5.74, 6) is 2.93. The van der Waals surface area contributed by atoms with Gasteiger partial charge in [-0.3, -0.25) is 0 Å². The summed E-state index contributed by atoms with van der Waals surface area (Å²) >= 11 is 11.8. The molecule has 0 nitrogen and oxygen atoms in total. The summed E-state index contributed by atoms with van der Waals surface area (Å²) in [6.07, 6.45) is 7.10. The normalized spacial score (nSPS) is 47.1. The van der Waals surface area contributed by atoms with Gasteiger partial charge >= 0.3 is 0 Å². The average Bonchev–Trinajstić information content (AvgIpc) is 2.60. The Morgan fingerprint density at radius 1 is 1.45 bits per heavy atom. The maximum Gasteiger partial charge on any atom is 0.0317 e. The fourth-order valence-electron chi connectivity index (χ4n) is 2.44. The Bertz CT molecular complexity index is 188. The minimum absolute atomic E-state index is 0.272. The first kappa shape index (κ1) is 7.94. The molecule has 1 saturated carbocycles. The molecule has 3 unspecified atom stereocenters. The average molecular weight is 191 g/mol. The van der Waals surface area contributed by atoms with Crippen molar-refractivity contribution in [3.05, 3.63) is 12.2 Å². The van der Waals surface area contributed by atoms with E-state index in [-0.39, 0.29) is 5.41 Å². The van der Waals surface area contributed by atoms with Crippen molar-refractivity contribution in [2.24, 2.45) is 17.3 Å². The molecule has 0 aromatic heterocycles. The summed E-state index contributed by atoms with van der Waals surface area (Å²) in [6, 6.07) is 0. The lowest BCUT2D eigenvalue weighted by Crippen LogP contribution is -2.25. The maximum absolute atomic E-state index is 5.95. The van der Waals surface area contributed by atoms with Crippen molar-refractivity contribution in [2.75, 3.05) is 11.8 Å². The SMILES string of the molecule is ClCC1CC2C=CC1(CCl)C2. The van der Waals surface area contributed by atoms with Gasteiger partial charge in [0.25, 0.3) is 0 Å². The zero-order chi connectivity index (χ0) is 7.90. The maximum atomic E-state index is 5.95. The molecule has 0 saturated heterocycles. The lowest BCUT2D eigenvalue weighted by atomic mass is 9.81. The summed E-state index contributed by atoms with van der Waals surface area (Å²) in [7, 11) is 0. The van der Waals surface area contributed by atoms with Crippen LogP contribution in [-0.2, 0) is 0 Å². The summed E-state index contributed by atoms with van der Waals surface area (Å²) < 4.78 is 0. The Morgan fingerprint density at radius 2 is 2.27 bits per heavy atom. The van der Waals surface area contributed by atoms with E-state index in [0.717, 1.165) is 17.7 Å². The third-order valence-electron chi connectivity index (χ3n) is 3.18. The van der Waals surface area contributed by atoms with Crippen molar-refractivity contribution in [3.63, 3.8) is 0 Å². The molecule has 11 heavy (non-hydrogen) atoms. The third-order valence-corrected chi connectivity index (χ3v) is 4.05.